The molecule has 3 N–H and O–H groups in total. The van der Waals surface area contributed by atoms with Gasteiger partial charge in [0.25, 0.3) is 0 Å². The summed E-state index contributed by atoms with van der Waals surface area (Å²) in [5, 5.41) is 8.73. The number of carbonyl (C=O) groups is 2. The van der Waals surface area contributed by atoms with Crippen LogP contribution in [0.1, 0.15) is 65.2 Å². The Morgan fingerprint density at radius 1 is 0.912 bits per heavy atom. The molecule has 0 saturated carbocycles. The van der Waals surface area contributed by atoms with Gasteiger partial charge in [-0.3, -0.25) is 0 Å². The van der Waals surface area contributed by atoms with Gasteiger partial charge in [0.1, 0.15) is 0 Å². The summed E-state index contributed by atoms with van der Waals surface area (Å²) >= 11 is 0. The smallest absolute Gasteiger partial charge is 0.413 e. The molecule has 196 valence electrons. The number of anilines is 1. The molecule has 1 aromatic rings. The zero-order valence-electron chi connectivity index (χ0n) is 21.8. The van der Waals surface area contributed by atoms with Gasteiger partial charge in [-0.05, 0) is 25.0 Å². The summed E-state index contributed by atoms with van der Waals surface area (Å²) in [5.41, 5.74) is 5.16. The third-order valence-corrected chi connectivity index (χ3v) is 4.85. The number of aromatic nitrogens is 1. The molecule has 0 unspecified atom stereocenters. The van der Waals surface area contributed by atoms with Gasteiger partial charge < -0.3 is 30.1 Å². The fourth-order valence-electron chi connectivity index (χ4n) is 2.77. The van der Waals surface area contributed by atoms with Crippen molar-refractivity contribution in [2.75, 3.05) is 47.0 Å². The molecule has 0 aromatic carbocycles. The second-order valence-corrected chi connectivity index (χ2v) is 8.43. The van der Waals surface area contributed by atoms with Crippen LogP contribution >= 0.6 is 0 Å². The number of unbranched alkanes of at least 4 members (excludes halogenated alkanes) is 6. The van der Waals surface area contributed by atoms with E-state index in [4.69, 9.17) is 20.3 Å². The van der Waals surface area contributed by atoms with Gasteiger partial charge in [-0.25, -0.2) is 19.5 Å². The highest BCUT2D eigenvalue weighted by Crippen LogP contribution is 2.14. The molecule has 0 aliphatic rings. The van der Waals surface area contributed by atoms with Crippen LogP contribution in [-0.2, 0) is 9.47 Å². The summed E-state index contributed by atoms with van der Waals surface area (Å²) in [4.78, 5) is 32.3. The molecule has 0 spiro atoms. The van der Waals surface area contributed by atoms with Crippen molar-refractivity contribution < 1.29 is 24.2 Å². The van der Waals surface area contributed by atoms with Crippen molar-refractivity contribution in [3.63, 3.8) is 0 Å². The van der Waals surface area contributed by atoms with E-state index in [1.807, 2.05) is 4.90 Å². The van der Waals surface area contributed by atoms with E-state index < -0.39 is 18.6 Å². The summed E-state index contributed by atoms with van der Waals surface area (Å²) in [6, 6.07) is 3.11. The van der Waals surface area contributed by atoms with Crippen LogP contribution in [0.2, 0.25) is 0 Å². The molecule has 0 fully saturated rings. The zero-order valence-corrected chi connectivity index (χ0v) is 21.8. The first-order chi connectivity index (χ1) is 16.1. The van der Waals surface area contributed by atoms with Crippen LogP contribution < -0.4 is 5.73 Å². The number of nitrogen functional groups attached to an aromatic ring is 1. The molecule has 0 radical (unpaired) electrons. The summed E-state index contributed by atoms with van der Waals surface area (Å²) in [7, 11) is 6.44. The fourth-order valence-corrected chi connectivity index (χ4v) is 2.77. The van der Waals surface area contributed by atoms with Crippen molar-refractivity contribution in [2.24, 2.45) is 0 Å². The molecule has 0 saturated heterocycles. The zero-order chi connectivity index (χ0) is 25.9. The van der Waals surface area contributed by atoms with Crippen LogP contribution in [0.4, 0.5) is 15.4 Å². The van der Waals surface area contributed by atoms with Gasteiger partial charge in [-0.2, -0.15) is 0 Å². The number of hydrogen-bond donors (Lipinski definition) is 2. The van der Waals surface area contributed by atoms with E-state index in [9.17, 15) is 9.59 Å². The highest BCUT2D eigenvalue weighted by Gasteiger charge is 2.27. The number of nitrogens with zero attached hydrogens (tertiary/aromatic N) is 4. The van der Waals surface area contributed by atoms with Gasteiger partial charge in [-0.15, -0.1) is 0 Å². The van der Waals surface area contributed by atoms with Crippen molar-refractivity contribution in [2.45, 2.75) is 71.6 Å². The maximum absolute atomic E-state index is 12.0. The van der Waals surface area contributed by atoms with Gasteiger partial charge in [-0.1, -0.05) is 52.4 Å². The predicted molar refractivity (Wildman–Crippen MR) is 134 cm³/mol. The number of rotatable bonds is 13. The van der Waals surface area contributed by atoms with Crippen LogP contribution in [0, 0.1) is 0 Å². The van der Waals surface area contributed by atoms with Crippen molar-refractivity contribution >= 4 is 18.0 Å². The monoisotopic (exact) mass is 483 g/mol. The molecular weight excluding hydrogens is 438 g/mol. The van der Waals surface area contributed by atoms with E-state index in [-0.39, 0.29) is 11.6 Å². The lowest BCUT2D eigenvalue weighted by molar-refractivity contribution is -0.166. The van der Waals surface area contributed by atoms with Gasteiger partial charge in [0.2, 0.25) is 0 Å². The molecule has 1 heterocycles. The predicted octanol–water partition coefficient (Wildman–Crippen LogP) is 4.50. The number of ether oxygens (including phenoxy) is 2. The van der Waals surface area contributed by atoms with Crippen LogP contribution in [-0.4, -0.2) is 84.7 Å². The Balaban J connectivity index is 0.00000113. The first-order valence-corrected chi connectivity index (χ1v) is 12.0. The van der Waals surface area contributed by atoms with E-state index in [1.165, 1.54) is 34.9 Å². The van der Waals surface area contributed by atoms with Crippen molar-refractivity contribution in [3.8, 4) is 5.75 Å². The summed E-state index contributed by atoms with van der Waals surface area (Å²) in [5.74, 6) is 0.208. The molecule has 1 rings (SSSR count). The number of amides is 2. The van der Waals surface area contributed by atoms with E-state index in [2.05, 4.69) is 18.8 Å². The summed E-state index contributed by atoms with van der Waals surface area (Å²) in [6.45, 7) is 5.81. The standard InChI is InChI=1S/C19H39N3O4.C5H6N2O/c1-7-9-11-13-15-22(16-14-12-10-8-2)19(25-17(23)20(3)4)26-18(24)21(5)6;6-5-4(8)2-1-3-7-5/h19H,7-16H2,1-6H3;1-3,8H,(H2,6,7). The number of nitrogens with two attached hydrogens (primary N) is 1. The molecular formula is C24H45N5O5. The Morgan fingerprint density at radius 2 is 1.38 bits per heavy atom. The molecule has 0 atom stereocenters. The molecule has 0 aliphatic heterocycles. The van der Waals surface area contributed by atoms with Crippen molar-refractivity contribution in [3.05, 3.63) is 18.3 Å². The van der Waals surface area contributed by atoms with Gasteiger partial charge >= 0.3 is 18.6 Å². The molecule has 0 bridgehead atoms. The number of carbonyl (C=O) groups excluding carboxylic acids is 2. The fraction of sp³-hybridized carbons (Fsp3) is 0.708. The molecule has 1 aromatic heterocycles. The Kier molecular flexibility index (Phi) is 17.1. The molecule has 2 amide bonds. The van der Waals surface area contributed by atoms with E-state index in [0.717, 1.165) is 51.6 Å². The van der Waals surface area contributed by atoms with Crippen molar-refractivity contribution in [1.82, 2.24) is 19.7 Å². The first-order valence-electron chi connectivity index (χ1n) is 12.0. The minimum atomic E-state index is -0.997. The Morgan fingerprint density at radius 3 is 1.71 bits per heavy atom. The molecule has 0 aliphatic carbocycles. The quantitative estimate of drug-likeness (QED) is 0.311. The minimum absolute atomic E-state index is 0.0347. The van der Waals surface area contributed by atoms with Crippen LogP contribution in [0.15, 0.2) is 18.3 Å². The largest absolute Gasteiger partial charge is 0.504 e. The molecule has 34 heavy (non-hydrogen) atoms. The van der Waals surface area contributed by atoms with E-state index in [0.29, 0.717) is 0 Å². The number of pyridine rings is 1. The average molecular weight is 484 g/mol. The topological polar surface area (TPSA) is 121 Å². The lowest BCUT2D eigenvalue weighted by Crippen LogP contribution is -2.46. The summed E-state index contributed by atoms with van der Waals surface area (Å²) in [6.07, 6.45) is 8.33. The highest BCUT2D eigenvalue weighted by atomic mass is 16.7. The molecule has 10 nitrogen and oxygen atoms in total. The number of aromatic hydroxyl groups is 1. The highest BCUT2D eigenvalue weighted by molar-refractivity contribution is 5.68. The third kappa shape index (κ3) is 14.4. The SMILES string of the molecule is CCCCCCN(CCCCCC)C(OC(=O)N(C)C)OC(=O)N(C)C.Nc1ncccc1O. The summed E-state index contributed by atoms with van der Waals surface area (Å²) < 4.78 is 10.9. The number of hydrogen-bond acceptors (Lipinski definition) is 8. The first kappa shape index (κ1) is 31.2. The molecule has 10 heteroatoms. The second kappa shape index (κ2) is 18.7. The lowest BCUT2D eigenvalue weighted by atomic mass is 10.2. The maximum atomic E-state index is 12.0. The Hall–Kier alpha value is -2.75. The third-order valence-electron chi connectivity index (χ3n) is 4.85. The normalized spacial score (nSPS) is 10.5. The minimum Gasteiger partial charge on any atom is -0.504 e. The van der Waals surface area contributed by atoms with Crippen LogP contribution in [0.25, 0.3) is 0 Å². The Bertz CT molecular complexity index is 632. The lowest BCUT2D eigenvalue weighted by Gasteiger charge is -2.31. The van der Waals surface area contributed by atoms with Gasteiger partial charge in [0, 0.05) is 47.5 Å². The second-order valence-electron chi connectivity index (χ2n) is 8.43. The van der Waals surface area contributed by atoms with Crippen molar-refractivity contribution in [1.29, 1.82) is 0 Å². The van der Waals surface area contributed by atoms with Crippen LogP contribution in [0.3, 0.4) is 0 Å². The maximum Gasteiger partial charge on any atom is 0.413 e. The van der Waals surface area contributed by atoms with E-state index in [1.54, 1.807) is 34.3 Å². The van der Waals surface area contributed by atoms with Gasteiger partial charge in [0.05, 0.1) is 0 Å². The van der Waals surface area contributed by atoms with Crippen LogP contribution in [0.5, 0.6) is 5.75 Å². The Labute approximate surface area is 205 Å². The average Bonchev–Trinajstić information content (AvgIpc) is 2.79. The van der Waals surface area contributed by atoms with Gasteiger partial charge in [0.15, 0.2) is 11.6 Å². The van der Waals surface area contributed by atoms with E-state index >= 15 is 0 Å².